The molecular formula is C18H27IN4O2S. The Balaban J connectivity index is 0.00000338. The van der Waals surface area contributed by atoms with Crippen molar-refractivity contribution in [1.82, 2.24) is 15.2 Å². The van der Waals surface area contributed by atoms with Gasteiger partial charge in [-0.15, -0.1) is 35.3 Å². The van der Waals surface area contributed by atoms with Crippen LogP contribution in [0.4, 0.5) is 0 Å². The number of thiazole rings is 1. The van der Waals surface area contributed by atoms with E-state index in [1.165, 1.54) is 5.56 Å². The molecule has 1 aromatic carbocycles. The lowest BCUT2D eigenvalue weighted by atomic mass is 10.1. The Morgan fingerprint density at radius 1 is 1.27 bits per heavy atom. The maximum Gasteiger partial charge on any atom is 0.193 e. The highest BCUT2D eigenvalue weighted by Gasteiger charge is 2.09. The summed E-state index contributed by atoms with van der Waals surface area (Å²) in [4.78, 5) is 10.9. The van der Waals surface area contributed by atoms with Gasteiger partial charge in [-0.3, -0.25) is 4.99 Å². The fourth-order valence-electron chi connectivity index (χ4n) is 2.54. The van der Waals surface area contributed by atoms with E-state index in [9.17, 15) is 0 Å². The van der Waals surface area contributed by atoms with Gasteiger partial charge in [0, 0.05) is 26.0 Å². The van der Waals surface area contributed by atoms with Crippen molar-refractivity contribution >= 4 is 41.3 Å². The molecule has 144 valence electrons. The van der Waals surface area contributed by atoms with Gasteiger partial charge in [0.1, 0.15) is 0 Å². The number of nitrogens with zero attached hydrogens (tertiary/aromatic N) is 3. The van der Waals surface area contributed by atoms with E-state index < -0.39 is 0 Å². The van der Waals surface area contributed by atoms with Crippen molar-refractivity contribution in [3.63, 3.8) is 0 Å². The van der Waals surface area contributed by atoms with Crippen LogP contribution in [0.5, 0.6) is 11.5 Å². The van der Waals surface area contributed by atoms with Crippen molar-refractivity contribution in [3.05, 3.63) is 39.8 Å². The van der Waals surface area contributed by atoms with Crippen molar-refractivity contribution in [1.29, 1.82) is 0 Å². The third-order valence-electron chi connectivity index (χ3n) is 3.78. The standard InChI is InChI=1S/C18H26N4O2S.HI/c1-13-21-15(12-25-13)11-22(3)18(19-2)20-9-8-14-6-7-16(23-4)17(10-14)24-5;/h6-7,10,12H,8-9,11H2,1-5H3,(H,19,20);1H. The third-order valence-corrected chi connectivity index (χ3v) is 4.61. The molecule has 8 heteroatoms. The Kier molecular flexibility index (Phi) is 9.71. The first-order chi connectivity index (χ1) is 12.1. The van der Waals surface area contributed by atoms with Crippen molar-refractivity contribution in [2.24, 2.45) is 4.99 Å². The first-order valence-electron chi connectivity index (χ1n) is 8.11. The molecule has 1 heterocycles. The molecule has 2 aromatic rings. The number of aryl methyl sites for hydroxylation is 1. The number of aromatic nitrogens is 1. The molecule has 1 N–H and O–H groups in total. The molecule has 0 aliphatic carbocycles. The van der Waals surface area contributed by atoms with Gasteiger partial charge in [0.15, 0.2) is 17.5 Å². The minimum absolute atomic E-state index is 0. The normalized spacial score (nSPS) is 10.9. The minimum Gasteiger partial charge on any atom is -0.493 e. The van der Waals surface area contributed by atoms with E-state index in [1.54, 1.807) is 32.6 Å². The molecule has 0 saturated heterocycles. The van der Waals surface area contributed by atoms with Gasteiger partial charge >= 0.3 is 0 Å². The fourth-order valence-corrected chi connectivity index (χ4v) is 3.14. The summed E-state index contributed by atoms with van der Waals surface area (Å²) in [5.74, 6) is 2.35. The average molecular weight is 490 g/mol. The van der Waals surface area contributed by atoms with Crippen LogP contribution in [-0.4, -0.2) is 50.7 Å². The predicted molar refractivity (Wildman–Crippen MR) is 118 cm³/mol. The van der Waals surface area contributed by atoms with E-state index in [-0.39, 0.29) is 24.0 Å². The number of benzene rings is 1. The summed E-state index contributed by atoms with van der Waals surface area (Å²) >= 11 is 1.67. The average Bonchev–Trinajstić information content (AvgIpc) is 3.03. The monoisotopic (exact) mass is 490 g/mol. The van der Waals surface area contributed by atoms with Gasteiger partial charge in [0.05, 0.1) is 31.5 Å². The molecule has 0 bridgehead atoms. The molecule has 0 radical (unpaired) electrons. The number of guanidine groups is 1. The summed E-state index contributed by atoms with van der Waals surface area (Å²) in [6, 6.07) is 5.98. The Hall–Kier alpha value is -1.55. The van der Waals surface area contributed by atoms with Crippen molar-refractivity contribution in [3.8, 4) is 11.5 Å². The van der Waals surface area contributed by atoms with Crippen LogP contribution < -0.4 is 14.8 Å². The van der Waals surface area contributed by atoms with Crippen LogP contribution in [0, 0.1) is 6.92 Å². The maximum absolute atomic E-state index is 5.35. The van der Waals surface area contributed by atoms with Gasteiger partial charge in [-0.2, -0.15) is 0 Å². The lowest BCUT2D eigenvalue weighted by molar-refractivity contribution is 0.354. The summed E-state index contributed by atoms with van der Waals surface area (Å²) < 4.78 is 10.6. The highest BCUT2D eigenvalue weighted by atomic mass is 127. The molecular weight excluding hydrogens is 463 g/mol. The number of methoxy groups -OCH3 is 2. The van der Waals surface area contributed by atoms with E-state index in [0.717, 1.165) is 47.7 Å². The molecule has 0 spiro atoms. The zero-order valence-corrected chi connectivity index (χ0v) is 19.1. The molecule has 6 nitrogen and oxygen atoms in total. The second kappa shape index (κ2) is 11.2. The molecule has 0 amide bonds. The molecule has 1 aromatic heterocycles. The number of hydrogen-bond acceptors (Lipinski definition) is 5. The van der Waals surface area contributed by atoms with E-state index in [4.69, 9.17) is 9.47 Å². The van der Waals surface area contributed by atoms with Crippen LogP contribution in [0.1, 0.15) is 16.3 Å². The lowest BCUT2D eigenvalue weighted by Crippen LogP contribution is -2.39. The molecule has 26 heavy (non-hydrogen) atoms. The van der Waals surface area contributed by atoms with Crippen LogP contribution in [0.25, 0.3) is 0 Å². The summed E-state index contributed by atoms with van der Waals surface area (Å²) in [7, 11) is 7.10. The number of hydrogen-bond donors (Lipinski definition) is 1. The van der Waals surface area contributed by atoms with E-state index >= 15 is 0 Å². The molecule has 2 rings (SSSR count). The SMILES string of the molecule is CN=C(NCCc1ccc(OC)c(OC)c1)N(C)Cc1csc(C)n1.I. The minimum atomic E-state index is 0. The van der Waals surface area contributed by atoms with Crippen LogP contribution in [0.15, 0.2) is 28.6 Å². The summed E-state index contributed by atoms with van der Waals surface area (Å²) in [5, 5.41) is 6.56. The molecule has 0 atom stereocenters. The zero-order valence-electron chi connectivity index (χ0n) is 15.9. The number of ether oxygens (including phenoxy) is 2. The van der Waals surface area contributed by atoms with Gasteiger partial charge in [-0.1, -0.05) is 6.07 Å². The Morgan fingerprint density at radius 2 is 2.00 bits per heavy atom. The van der Waals surface area contributed by atoms with E-state index in [1.807, 2.05) is 32.2 Å². The second-order valence-electron chi connectivity index (χ2n) is 5.63. The maximum atomic E-state index is 5.35. The van der Waals surface area contributed by atoms with E-state index in [0.29, 0.717) is 0 Å². The highest BCUT2D eigenvalue weighted by Crippen LogP contribution is 2.27. The molecule has 0 unspecified atom stereocenters. The first-order valence-corrected chi connectivity index (χ1v) is 8.99. The van der Waals surface area contributed by atoms with Gasteiger partial charge in [0.25, 0.3) is 0 Å². The fraction of sp³-hybridized carbons (Fsp3) is 0.444. The summed E-state index contributed by atoms with van der Waals surface area (Å²) in [6.07, 6.45) is 0.864. The topological polar surface area (TPSA) is 59.0 Å². The largest absolute Gasteiger partial charge is 0.493 e. The summed E-state index contributed by atoms with van der Waals surface area (Å²) in [5.41, 5.74) is 2.24. The molecule has 0 aliphatic heterocycles. The van der Waals surface area contributed by atoms with Gasteiger partial charge in [0.2, 0.25) is 0 Å². The van der Waals surface area contributed by atoms with Crippen molar-refractivity contribution in [2.45, 2.75) is 19.9 Å². The first kappa shape index (κ1) is 22.5. The number of halogens is 1. The second-order valence-corrected chi connectivity index (χ2v) is 6.69. The van der Waals surface area contributed by atoms with Crippen molar-refractivity contribution in [2.75, 3.05) is 34.9 Å². The molecule has 0 fully saturated rings. The van der Waals surface area contributed by atoms with E-state index in [2.05, 4.69) is 25.6 Å². The van der Waals surface area contributed by atoms with Gasteiger partial charge in [-0.05, 0) is 31.0 Å². The van der Waals surface area contributed by atoms with Crippen LogP contribution >= 0.6 is 35.3 Å². The molecule has 0 aliphatic rings. The number of rotatable bonds is 7. The Bertz CT molecular complexity index is 721. The Morgan fingerprint density at radius 3 is 2.58 bits per heavy atom. The number of aliphatic imine (C=N–C) groups is 1. The summed E-state index contributed by atoms with van der Waals surface area (Å²) in [6.45, 7) is 3.54. The van der Waals surface area contributed by atoms with Crippen LogP contribution in [0.3, 0.4) is 0 Å². The number of nitrogens with one attached hydrogen (secondary N) is 1. The van der Waals surface area contributed by atoms with Gasteiger partial charge in [-0.25, -0.2) is 4.98 Å². The van der Waals surface area contributed by atoms with Crippen LogP contribution in [-0.2, 0) is 13.0 Å². The Labute approximate surface area is 176 Å². The quantitative estimate of drug-likeness (QED) is 0.367. The third kappa shape index (κ3) is 6.31. The van der Waals surface area contributed by atoms with Crippen molar-refractivity contribution < 1.29 is 9.47 Å². The lowest BCUT2D eigenvalue weighted by Gasteiger charge is -2.21. The zero-order chi connectivity index (χ0) is 18.2. The smallest absolute Gasteiger partial charge is 0.193 e. The highest BCUT2D eigenvalue weighted by molar-refractivity contribution is 14.0. The van der Waals surface area contributed by atoms with Gasteiger partial charge < -0.3 is 19.7 Å². The predicted octanol–water partition coefficient (Wildman–Crippen LogP) is 3.34. The van der Waals surface area contributed by atoms with Crippen LogP contribution in [0.2, 0.25) is 0 Å². The molecule has 0 saturated carbocycles.